The van der Waals surface area contributed by atoms with Crippen molar-refractivity contribution in [3.05, 3.63) is 11.6 Å². The fraction of sp³-hybridized carbons (Fsp3) is 0.625. The lowest BCUT2D eigenvalue weighted by Gasteiger charge is -2.39. The molecule has 0 aliphatic carbocycles. The van der Waals surface area contributed by atoms with E-state index in [0.29, 0.717) is 5.57 Å². The van der Waals surface area contributed by atoms with Gasteiger partial charge in [0.2, 0.25) is 0 Å². The van der Waals surface area contributed by atoms with Gasteiger partial charge in [-0.2, -0.15) is 0 Å². The number of nitrogens with zero attached hydrogens (tertiary/aromatic N) is 1. The van der Waals surface area contributed by atoms with Crippen molar-refractivity contribution >= 4 is 35.4 Å². The highest BCUT2D eigenvalue weighted by Crippen LogP contribution is 2.53. The van der Waals surface area contributed by atoms with Gasteiger partial charge in [-0.1, -0.05) is 0 Å². The average molecular weight is 339 g/mol. The van der Waals surface area contributed by atoms with Crippen molar-refractivity contribution in [2.75, 3.05) is 0 Å². The van der Waals surface area contributed by atoms with Crippen LogP contribution in [0.5, 0.6) is 0 Å². The number of rotatable bonds is 2. The molecule has 0 spiro atoms. The van der Waals surface area contributed by atoms with Gasteiger partial charge in [-0.3, -0.25) is 14.4 Å². The lowest BCUT2D eigenvalue weighted by molar-refractivity contribution is -0.171. The minimum atomic E-state index is -0.847. The van der Waals surface area contributed by atoms with E-state index in [-0.39, 0.29) is 17.1 Å². The van der Waals surface area contributed by atoms with Gasteiger partial charge in [-0.05, 0) is 47.6 Å². The second kappa shape index (κ2) is 5.47. The molecule has 2 rings (SSSR count). The van der Waals surface area contributed by atoms with Gasteiger partial charge in [-0.15, -0.1) is 11.8 Å². The average Bonchev–Trinajstić information content (AvgIpc) is 2.63. The van der Waals surface area contributed by atoms with Gasteiger partial charge in [0.15, 0.2) is 5.78 Å². The molecule has 0 radical (unpaired) electrons. The molecule has 2 aliphatic rings. The fourth-order valence-electron chi connectivity index (χ4n) is 2.55. The highest BCUT2D eigenvalue weighted by molar-refractivity contribution is 8.01. The number of ketones is 1. The van der Waals surface area contributed by atoms with Crippen molar-refractivity contribution in [1.82, 2.24) is 4.90 Å². The summed E-state index contributed by atoms with van der Waals surface area (Å²) in [6, 6.07) is -0.847. The van der Waals surface area contributed by atoms with E-state index in [0.717, 1.165) is 0 Å². The van der Waals surface area contributed by atoms with Crippen LogP contribution in [0.15, 0.2) is 11.6 Å². The van der Waals surface area contributed by atoms with Crippen LogP contribution in [0, 0.1) is 5.41 Å². The SMILES string of the molecule is CC(=O)C=C1C(=O)N2[C@@H]1SC(C)(C)[C@@H]2C(=O)OC(=O)C(C)(C)C. The zero-order chi connectivity index (χ0) is 17.7. The summed E-state index contributed by atoms with van der Waals surface area (Å²) in [6.07, 6.45) is 1.31. The Kier molecular flexibility index (Phi) is 4.22. The minimum absolute atomic E-state index is 0.208. The zero-order valence-electron chi connectivity index (χ0n) is 14.1. The minimum Gasteiger partial charge on any atom is -0.391 e. The maximum atomic E-state index is 12.4. The third kappa shape index (κ3) is 3.06. The topological polar surface area (TPSA) is 80.8 Å². The third-order valence-electron chi connectivity index (χ3n) is 3.74. The number of ether oxygens (including phenoxy) is 1. The predicted octanol–water partition coefficient (Wildman–Crippen LogP) is 1.68. The second-order valence-electron chi connectivity index (χ2n) is 7.36. The molecule has 0 unspecified atom stereocenters. The van der Waals surface area contributed by atoms with Crippen molar-refractivity contribution in [3.63, 3.8) is 0 Å². The van der Waals surface area contributed by atoms with Gasteiger partial charge < -0.3 is 9.64 Å². The summed E-state index contributed by atoms with van der Waals surface area (Å²) in [5, 5.41) is -0.344. The maximum absolute atomic E-state index is 12.4. The van der Waals surface area contributed by atoms with E-state index in [1.165, 1.54) is 29.7 Å². The van der Waals surface area contributed by atoms with Gasteiger partial charge in [0.25, 0.3) is 5.91 Å². The number of amides is 1. The van der Waals surface area contributed by atoms with E-state index >= 15 is 0 Å². The second-order valence-corrected chi connectivity index (χ2v) is 9.09. The summed E-state index contributed by atoms with van der Waals surface area (Å²) in [6.45, 7) is 9.99. The molecular weight excluding hydrogens is 318 g/mol. The van der Waals surface area contributed by atoms with Gasteiger partial charge in [0.05, 0.1) is 11.0 Å². The molecule has 1 amide bonds. The molecule has 6 nitrogen and oxygen atoms in total. The van der Waals surface area contributed by atoms with Crippen molar-refractivity contribution in [2.45, 2.75) is 57.7 Å². The molecule has 0 N–H and O–H groups in total. The Morgan fingerprint density at radius 1 is 1.26 bits per heavy atom. The van der Waals surface area contributed by atoms with Gasteiger partial charge in [0, 0.05) is 4.75 Å². The molecule has 2 saturated heterocycles. The normalized spacial score (nSPS) is 27.5. The Labute approximate surface area is 139 Å². The van der Waals surface area contributed by atoms with E-state index in [1.54, 1.807) is 20.8 Å². The van der Waals surface area contributed by atoms with Crippen LogP contribution in [-0.2, 0) is 23.9 Å². The molecular formula is C16H21NO5S. The first kappa shape index (κ1) is 17.7. The molecule has 2 heterocycles. The van der Waals surface area contributed by atoms with Crippen molar-refractivity contribution < 1.29 is 23.9 Å². The summed E-state index contributed by atoms with van der Waals surface area (Å²) in [5.41, 5.74) is -0.406. The predicted molar refractivity (Wildman–Crippen MR) is 85.4 cm³/mol. The Balaban J connectivity index is 2.23. The molecule has 23 heavy (non-hydrogen) atoms. The van der Waals surface area contributed by atoms with Crippen molar-refractivity contribution in [1.29, 1.82) is 0 Å². The molecule has 0 aromatic carbocycles. The molecule has 0 aromatic rings. The molecule has 0 bridgehead atoms. The van der Waals surface area contributed by atoms with Crippen LogP contribution >= 0.6 is 11.8 Å². The van der Waals surface area contributed by atoms with Crippen LogP contribution in [0.25, 0.3) is 0 Å². The van der Waals surface area contributed by atoms with Crippen LogP contribution in [0.3, 0.4) is 0 Å². The molecule has 0 aromatic heterocycles. The van der Waals surface area contributed by atoms with Crippen LogP contribution in [-0.4, -0.2) is 44.7 Å². The van der Waals surface area contributed by atoms with Crippen LogP contribution in [0.1, 0.15) is 41.5 Å². The highest BCUT2D eigenvalue weighted by atomic mass is 32.2. The molecule has 0 saturated carbocycles. The molecule has 7 heteroatoms. The number of β-lactam (4-membered cyclic amide) rings is 1. The van der Waals surface area contributed by atoms with E-state index in [1.807, 2.05) is 13.8 Å². The van der Waals surface area contributed by atoms with Crippen LogP contribution in [0.4, 0.5) is 0 Å². The largest absolute Gasteiger partial charge is 0.391 e. The number of hydrogen-bond donors (Lipinski definition) is 0. The summed E-state index contributed by atoms with van der Waals surface area (Å²) in [5.74, 6) is -1.91. The Hall–Kier alpha value is -1.63. The van der Waals surface area contributed by atoms with Crippen molar-refractivity contribution in [2.24, 2.45) is 5.41 Å². The highest BCUT2D eigenvalue weighted by Gasteiger charge is 2.62. The monoisotopic (exact) mass is 339 g/mol. The zero-order valence-corrected chi connectivity index (χ0v) is 14.9. The summed E-state index contributed by atoms with van der Waals surface area (Å²) < 4.78 is 4.37. The number of thioether (sulfide) groups is 1. The fourth-order valence-corrected chi connectivity index (χ4v) is 4.10. The maximum Gasteiger partial charge on any atom is 0.338 e. The summed E-state index contributed by atoms with van der Waals surface area (Å²) >= 11 is 1.41. The van der Waals surface area contributed by atoms with Crippen LogP contribution < -0.4 is 0 Å². The molecule has 2 atom stereocenters. The Bertz CT molecular complexity index is 629. The first-order valence-electron chi connectivity index (χ1n) is 7.35. The first-order chi connectivity index (χ1) is 10.4. The third-order valence-corrected chi connectivity index (χ3v) is 5.27. The molecule has 2 fully saturated rings. The molecule has 2 aliphatic heterocycles. The number of esters is 2. The quantitative estimate of drug-likeness (QED) is 0.329. The Morgan fingerprint density at radius 3 is 2.30 bits per heavy atom. The van der Waals surface area contributed by atoms with E-state index in [2.05, 4.69) is 0 Å². The Morgan fingerprint density at radius 2 is 1.83 bits per heavy atom. The van der Waals surface area contributed by atoms with Crippen molar-refractivity contribution in [3.8, 4) is 0 Å². The smallest absolute Gasteiger partial charge is 0.338 e. The number of hydrogen-bond acceptors (Lipinski definition) is 6. The number of carbonyl (C=O) groups is 4. The van der Waals surface area contributed by atoms with Gasteiger partial charge in [-0.25, -0.2) is 4.79 Å². The number of allylic oxidation sites excluding steroid dienone is 1. The van der Waals surface area contributed by atoms with Gasteiger partial charge >= 0.3 is 11.9 Å². The van der Waals surface area contributed by atoms with E-state index < -0.39 is 28.1 Å². The first-order valence-corrected chi connectivity index (χ1v) is 8.23. The van der Waals surface area contributed by atoms with Crippen LogP contribution in [0.2, 0.25) is 0 Å². The molecule has 126 valence electrons. The number of carbonyl (C=O) groups excluding carboxylic acids is 4. The van der Waals surface area contributed by atoms with E-state index in [9.17, 15) is 19.2 Å². The summed E-state index contributed by atoms with van der Waals surface area (Å²) in [4.78, 5) is 49.3. The lowest BCUT2D eigenvalue weighted by atomic mass is 9.94. The van der Waals surface area contributed by atoms with Gasteiger partial charge in [0.1, 0.15) is 11.4 Å². The standard InChI is InChI=1S/C16H21NO5S/c1-8(18)7-9-11(19)17-10(16(5,6)23-12(9)17)13(20)22-14(21)15(2,3)4/h7,10,12H,1-6H3/t10-,12+/m0/s1. The summed E-state index contributed by atoms with van der Waals surface area (Å²) in [7, 11) is 0. The lowest BCUT2D eigenvalue weighted by Crippen LogP contribution is -2.59. The van der Waals surface area contributed by atoms with E-state index in [4.69, 9.17) is 4.74 Å². The number of fused-ring (bicyclic) bond motifs is 1.